The molecule has 1 rings (SSSR count). The van der Waals surface area contributed by atoms with E-state index in [4.69, 9.17) is 0 Å². The summed E-state index contributed by atoms with van der Waals surface area (Å²) in [5.74, 6) is 0. The Balaban J connectivity index is 3.14. The van der Waals surface area contributed by atoms with Gasteiger partial charge in [-0.3, -0.25) is 4.68 Å². The largest absolute Gasteiger partial charge is 0.275 e. The average Bonchev–Trinajstić information content (AvgIpc) is 2.13. The first kappa shape index (κ1) is 6.84. The lowest BCUT2D eigenvalue weighted by Gasteiger charge is -1.80. The van der Waals surface area contributed by atoms with Crippen LogP contribution in [0.15, 0.2) is 18.5 Å². The van der Waals surface area contributed by atoms with Crippen LogP contribution in [-0.4, -0.2) is 9.78 Å². The lowest BCUT2D eigenvalue weighted by Crippen LogP contribution is -1.86. The molecule has 0 aliphatic heterocycles. The highest BCUT2D eigenvalue weighted by Gasteiger charge is 1.96. The average molecular weight is 134 g/mol. The fourth-order valence-electron chi connectivity index (χ4n) is 0.870. The van der Waals surface area contributed by atoms with E-state index >= 15 is 0 Å². The van der Waals surface area contributed by atoms with Crippen molar-refractivity contribution in [2.45, 2.75) is 6.92 Å². The van der Waals surface area contributed by atoms with Gasteiger partial charge >= 0.3 is 0 Å². The van der Waals surface area contributed by atoms with Crippen molar-refractivity contribution in [2.24, 2.45) is 7.05 Å². The molecule has 0 N–H and O–H groups in total. The standard InChI is InChI=1S/C8H10N2/c1-4-5-8-6-10(3)9-7(8)2/h5-6H,1H2,2-3H3. The molecule has 0 bridgehead atoms. The highest BCUT2D eigenvalue weighted by molar-refractivity contribution is 5.49. The van der Waals surface area contributed by atoms with E-state index in [-0.39, 0.29) is 0 Å². The van der Waals surface area contributed by atoms with Crippen LogP contribution in [0.5, 0.6) is 0 Å². The monoisotopic (exact) mass is 134 g/mol. The molecular formula is C8H10N2. The first-order chi connectivity index (χ1) is 4.74. The van der Waals surface area contributed by atoms with Crippen LogP contribution in [0.25, 0.3) is 6.08 Å². The lowest BCUT2D eigenvalue weighted by molar-refractivity contribution is 0.756. The summed E-state index contributed by atoms with van der Waals surface area (Å²) in [4.78, 5) is 0. The molecule has 1 heterocycles. The number of hydrogen-bond acceptors (Lipinski definition) is 1. The van der Waals surface area contributed by atoms with Crippen LogP contribution in [0, 0.1) is 6.92 Å². The zero-order chi connectivity index (χ0) is 7.56. The van der Waals surface area contributed by atoms with E-state index in [1.807, 2.05) is 26.2 Å². The molecule has 0 spiro atoms. The number of rotatable bonds is 1. The Morgan fingerprint density at radius 1 is 1.80 bits per heavy atom. The second-order valence-electron chi connectivity index (χ2n) is 2.19. The molecule has 2 nitrogen and oxygen atoms in total. The summed E-state index contributed by atoms with van der Waals surface area (Å²) in [6.07, 6.45) is 3.76. The fraction of sp³-hybridized carbons (Fsp3) is 0.250. The predicted octanol–water partition coefficient (Wildman–Crippen LogP) is 1.53. The van der Waals surface area contributed by atoms with Gasteiger partial charge < -0.3 is 0 Å². The first-order valence-electron chi connectivity index (χ1n) is 3.10. The fourth-order valence-corrected chi connectivity index (χ4v) is 0.870. The molecule has 0 unspecified atom stereocenters. The number of hydrogen-bond donors (Lipinski definition) is 0. The van der Waals surface area contributed by atoms with E-state index in [1.165, 1.54) is 0 Å². The highest BCUT2D eigenvalue weighted by atomic mass is 15.2. The molecule has 0 atom stereocenters. The molecule has 0 aromatic carbocycles. The maximum atomic E-state index is 4.15. The van der Waals surface area contributed by atoms with Gasteiger partial charge in [0.2, 0.25) is 0 Å². The molecule has 10 heavy (non-hydrogen) atoms. The van der Waals surface area contributed by atoms with Gasteiger partial charge in [0.1, 0.15) is 0 Å². The van der Waals surface area contributed by atoms with Gasteiger partial charge in [-0.25, -0.2) is 0 Å². The molecule has 0 radical (unpaired) electrons. The highest BCUT2D eigenvalue weighted by Crippen LogP contribution is 2.04. The van der Waals surface area contributed by atoms with E-state index in [1.54, 1.807) is 4.68 Å². The molecule has 0 fully saturated rings. The van der Waals surface area contributed by atoms with E-state index in [0.717, 1.165) is 11.3 Å². The van der Waals surface area contributed by atoms with Gasteiger partial charge in [0.05, 0.1) is 5.69 Å². The van der Waals surface area contributed by atoms with Crippen LogP contribution in [0.2, 0.25) is 0 Å². The number of aryl methyl sites for hydroxylation is 2. The maximum Gasteiger partial charge on any atom is 0.0672 e. The number of nitrogens with zero attached hydrogens (tertiary/aromatic N) is 2. The lowest BCUT2D eigenvalue weighted by atomic mass is 10.3. The molecule has 0 saturated carbocycles. The van der Waals surface area contributed by atoms with Crippen LogP contribution < -0.4 is 0 Å². The van der Waals surface area contributed by atoms with Crippen molar-refractivity contribution in [1.29, 1.82) is 0 Å². The molecule has 1 aromatic heterocycles. The van der Waals surface area contributed by atoms with Crippen molar-refractivity contribution in [3.8, 4) is 0 Å². The van der Waals surface area contributed by atoms with Crippen LogP contribution >= 0.6 is 0 Å². The smallest absolute Gasteiger partial charge is 0.0672 e. The molecule has 0 aliphatic rings. The Morgan fingerprint density at radius 2 is 2.50 bits per heavy atom. The van der Waals surface area contributed by atoms with E-state index < -0.39 is 0 Å². The van der Waals surface area contributed by atoms with Crippen molar-refractivity contribution >= 4 is 6.08 Å². The van der Waals surface area contributed by atoms with Gasteiger partial charge in [0, 0.05) is 18.8 Å². The van der Waals surface area contributed by atoms with Crippen LogP contribution in [-0.2, 0) is 7.05 Å². The van der Waals surface area contributed by atoms with Gasteiger partial charge in [0.15, 0.2) is 0 Å². The number of aromatic nitrogens is 2. The van der Waals surface area contributed by atoms with Crippen molar-refractivity contribution in [3.05, 3.63) is 29.8 Å². The van der Waals surface area contributed by atoms with Gasteiger partial charge in [-0.15, -0.1) is 5.73 Å². The Bertz CT molecular complexity index is 277. The molecule has 0 amide bonds. The summed E-state index contributed by atoms with van der Waals surface area (Å²) in [5.41, 5.74) is 4.80. The second kappa shape index (κ2) is 2.54. The second-order valence-corrected chi connectivity index (χ2v) is 2.19. The zero-order valence-electron chi connectivity index (χ0n) is 6.26. The van der Waals surface area contributed by atoms with Crippen LogP contribution in [0.3, 0.4) is 0 Å². The third kappa shape index (κ3) is 1.17. The summed E-state index contributed by atoms with van der Waals surface area (Å²) in [6, 6.07) is 0. The van der Waals surface area contributed by atoms with Crippen LogP contribution in [0.1, 0.15) is 11.3 Å². The zero-order valence-corrected chi connectivity index (χ0v) is 6.26. The van der Waals surface area contributed by atoms with Gasteiger partial charge in [-0.1, -0.05) is 6.58 Å². The van der Waals surface area contributed by atoms with Crippen molar-refractivity contribution < 1.29 is 0 Å². The van der Waals surface area contributed by atoms with Gasteiger partial charge in [-0.2, -0.15) is 5.10 Å². The molecule has 1 aromatic rings. The third-order valence-electron chi connectivity index (χ3n) is 1.31. The first-order valence-corrected chi connectivity index (χ1v) is 3.10. The van der Waals surface area contributed by atoms with E-state index in [9.17, 15) is 0 Å². The predicted molar refractivity (Wildman–Crippen MR) is 41.5 cm³/mol. The third-order valence-corrected chi connectivity index (χ3v) is 1.31. The Hall–Kier alpha value is -1.27. The summed E-state index contributed by atoms with van der Waals surface area (Å²) < 4.78 is 1.78. The van der Waals surface area contributed by atoms with E-state index in [2.05, 4.69) is 17.4 Å². The minimum absolute atomic E-state index is 1.01. The van der Waals surface area contributed by atoms with Crippen molar-refractivity contribution in [3.63, 3.8) is 0 Å². The topological polar surface area (TPSA) is 17.8 Å². The summed E-state index contributed by atoms with van der Waals surface area (Å²) >= 11 is 0. The van der Waals surface area contributed by atoms with E-state index in [0.29, 0.717) is 0 Å². The maximum absolute atomic E-state index is 4.15. The minimum Gasteiger partial charge on any atom is -0.275 e. The molecule has 52 valence electrons. The van der Waals surface area contributed by atoms with Crippen molar-refractivity contribution in [2.75, 3.05) is 0 Å². The Kier molecular flexibility index (Phi) is 1.74. The quantitative estimate of drug-likeness (QED) is 0.532. The minimum atomic E-state index is 1.01. The molecular weight excluding hydrogens is 124 g/mol. The molecule has 0 saturated heterocycles. The molecule has 0 aliphatic carbocycles. The summed E-state index contributed by atoms with van der Waals surface area (Å²) in [6.45, 7) is 5.45. The normalized spacial score (nSPS) is 9.00. The Labute approximate surface area is 60.5 Å². The molecule has 2 heteroatoms. The summed E-state index contributed by atoms with van der Waals surface area (Å²) in [5, 5.41) is 4.15. The van der Waals surface area contributed by atoms with Gasteiger partial charge in [-0.05, 0) is 13.0 Å². The van der Waals surface area contributed by atoms with Crippen LogP contribution in [0.4, 0.5) is 0 Å². The van der Waals surface area contributed by atoms with Crippen molar-refractivity contribution in [1.82, 2.24) is 9.78 Å². The Morgan fingerprint density at radius 3 is 2.90 bits per heavy atom. The van der Waals surface area contributed by atoms with Gasteiger partial charge in [0.25, 0.3) is 0 Å². The summed E-state index contributed by atoms with van der Waals surface area (Å²) in [7, 11) is 1.90. The SMILES string of the molecule is C=C=Cc1cn(C)nc1C.